The van der Waals surface area contributed by atoms with E-state index in [2.05, 4.69) is 43.5 Å². The molecule has 0 fully saturated rings. The quantitative estimate of drug-likeness (QED) is 0.0321. The molecule has 3 N–H and O–H groups in total. The monoisotopic (exact) mass is 902 g/mol. The Morgan fingerprint density at radius 2 is 0.734 bits per heavy atom. The van der Waals surface area contributed by atoms with Crippen molar-refractivity contribution in [2.45, 2.75) is 321 Å². The van der Waals surface area contributed by atoms with Crippen LogP contribution in [0.4, 0.5) is 0 Å². The third-order valence-corrected chi connectivity index (χ3v) is 13.2. The van der Waals surface area contributed by atoms with E-state index < -0.39 is 12.1 Å². The molecular formula is C58H111NO5. The Hall–Kier alpha value is -1.66. The fraction of sp³-hybridized carbons (Fsp3) is 0.897. The maximum absolute atomic E-state index is 12.5. The van der Waals surface area contributed by atoms with Crippen LogP contribution >= 0.6 is 0 Å². The molecule has 0 aromatic heterocycles. The molecule has 0 radical (unpaired) electrons. The minimum absolute atomic E-state index is 0.0127. The zero-order valence-corrected chi connectivity index (χ0v) is 43.0. The third kappa shape index (κ3) is 49.8. The number of carbonyl (C=O) groups excluding carboxylic acids is 2. The molecule has 2 atom stereocenters. The summed E-state index contributed by atoms with van der Waals surface area (Å²) in [6, 6.07) is -0.561. The predicted octanol–water partition coefficient (Wildman–Crippen LogP) is 17.5. The van der Waals surface area contributed by atoms with Crippen molar-refractivity contribution in [2.24, 2.45) is 0 Å². The lowest BCUT2D eigenvalue weighted by Crippen LogP contribution is -2.45. The van der Waals surface area contributed by atoms with Gasteiger partial charge in [-0.15, -0.1) is 0 Å². The lowest BCUT2D eigenvalue weighted by Gasteiger charge is -2.22. The van der Waals surface area contributed by atoms with Crippen molar-refractivity contribution in [3.63, 3.8) is 0 Å². The molecule has 0 bridgehead atoms. The molecule has 1 amide bonds. The van der Waals surface area contributed by atoms with Crippen molar-refractivity contribution >= 4 is 11.9 Å². The standard InChI is InChI=1S/C58H111NO5/c1-3-5-7-9-11-13-15-17-19-20-21-22-24-28-32-36-40-44-48-52-58(63)64-53-49-45-41-37-33-29-25-27-31-35-39-43-47-51-57(62)59-55(54-60)56(61)50-46-42-38-34-30-26-23-18-16-14-12-10-8-6-4-2/h17,19,27,31,55-56,60-61H,3-16,18,20-26,28-30,32-54H2,1-2H3,(H,59,62)/b19-17-,31-27-. The van der Waals surface area contributed by atoms with E-state index >= 15 is 0 Å². The summed E-state index contributed by atoms with van der Waals surface area (Å²) in [6.07, 6.45) is 64.5. The summed E-state index contributed by atoms with van der Waals surface area (Å²) in [4.78, 5) is 24.5. The first-order chi connectivity index (χ1) is 31.5. The van der Waals surface area contributed by atoms with E-state index in [1.54, 1.807) is 0 Å². The van der Waals surface area contributed by atoms with Gasteiger partial charge >= 0.3 is 5.97 Å². The number of nitrogens with one attached hydrogen (secondary N) is 1. The van der Waals surface area contributed by atoms with Gasteiger partial charge in [0.05, 0.1) is 25.4 Å². The number of hydrogen-bond acceptors (Lipinski definition) is 5. The zero-order chi connectivity index (χ0) is 46.5. The second-order valence-electron chi connectivity index (χ2n) is 19.6. The summed E-state index contributed by atoms with van der Waals surface area (Å²) < 4.78 is 5.48. The molecule has 0 saturated carbocycles. The van der Waals surface area contributed by atoms with Crippen molar-refractivity contribution in [1.82, 2.24) is 5.32 Å². The molecule has 6 nitrogen and oxygen atoms in total. The molecule has 0 aliphatic carbocycles. The van der Waals surface area contributed by atoms with E-state index in [1.165, 1.54) is 205 Å². The lowest BCUT2D eigenvalue weighted by atomic mass is 10.0. The molecule has 378 valence electrons. The topological polar surface area (TPSA) is 95.9 Å². The van der Waals surface area contributed by atoms with Crippen molar-refractivity contribution in [3.05, 3.63) is 24.3 Å². The van der Waals surface area contributed by atoms with Crippen molar-refractivity contribution in [1.29, 1.82) is 0 Å². The van der Waals surface area contributed by atoms with Crippen molar-refractivity contribution < 1.29 is 24.5 Å². The normalized spacial score (nSPS) is 12.8. The minimum atomic E-state index is -0.681. The number of hydrogen-bond donors (Lipinski definition) is 3. The molecule has 2 unspecified atom stereocenters. The Balaban J connectivity index is 3.47. The second-order valence-corrected chi connectivity index (χ2v) is 19.6. The Morgan fingerprint density at radius 3 is 1.12 bits per heavy atom. The molecular weight excluding hydrogens is 791 g/mol. The average Bonchev–Trinajstić information content (AvgIpc) is 3.29. The molecule has 0 aromatic carbocycles. The van der Waals surface area contributed by atoms with E-state index in [0.29, 0.717) is 25.9 Å². The predicted molar refractivity (Wildman–Crippen MR) is 278 cm³/mol. The first kappa shape index (κ1) is 62.3. The van der Waals surface area contributed by atoms with Gasteiger partial charge in [-0.05, 0) is 77.0 Å². The molecule has 0 heterocycles. The molecule has 0 saturated heterocycles. The van der Waals surface area contributed by atoms with E-state index in [1.807, 2.05) is 0 Å². The fourth-order valence-corrected chi connectivity index (χ4v) is 8.81. The summed E-state index contributed by atoms with van der Waals surface area (Å²) in [6.45, 7) is 4.92. The van der Waals surface area contributed by atoms with Crippen LogP contribution < -0.4 is 5.32 Å². The second kappa shape index (κ2) is 54.0. The van der Waals surface area contributed by atoms with Crippen LogP contribution in [0, 0.1) is 0 Å². The van der Waals surface area contributed by atoms with Crippen LogP contribution in [0.15, 0.2) is 24.3 Å². The summed E-state index contributed by atoms with van der Waals surface area (Å²) in [5.41, 5.74) is 0. The molecule has 0 aliphatic rings. The number of unbranched alkanes of at least 4 members (excludes halogenated alkanes) is 38. The van der Waals surface area contributed by atoms with Crippen molar-refractivity contribution in [3.8, 4) is 0 Å². The number of ether oxygens (including phenoxy) is 1. The van der Waals surface area contributed by atoms with Gasteiger partial charge in [-0.2, -0.15) is 0 Å². The van der Waals surface area contributed by atoms with Gasteiger partial charge in [0.15, 0.2) is 0 Å². The third-order valence-electron chi connectivity index (χ3n) is 13.2. The van der Waals surface area contributed by atoms with Gasteiger partial charge in [0.1, 0.15) is 0 Å². The summed E-state index contributed by atoms with van der Waals surface area (Å²) in [5, 5.41) is 23.2. The Bertz CT molecular complexity index is 997. The number of amides is 1. The SMILES string of the molecule is CCCCCCCC/C=C\CCCCCCCCCCCC(=O)OCCCCCCCC/C=C\CCCCCC(=O)NC(CO)C(O)CCCCCCCCCCCCCCCCC. The Morgan fingerprint density at radius 1 is 0.422 bits per heavy atom. The highest BCUT2D eigenvalue weighted by atomic mass is 16.5. The number of rotatable bonds is 53. The van der Waals surface area contributed by atoms with E-state index in [0.717, 1.165) is 70.6 Å². The zero-order valence-electron chi connectivity index (χ0n) is 43.0. The average molecular weight is 903 g/mol. The number of carbonyl (C=O) groups is 2. The number of aliphatic hydroxyl groups excluding tert-OH is 2. The summed E-state index contributed by atoms with van der Waals surface area (Å²) >= 11 is 0. The van der Waals surface area contributed by atoms with Gasteiger partial charge in [0, 0.05) is 12.8 Å². The molecule has 64 heavy (non-hydrogen) atoms. The smallest absolute Gasteiger partial charge is 0.305 e. The van der Waals surface area contributed by atoms with Gasteiger partial charge < -0.3 is 20.3 Å². The van der Waals surface area contributed by atoms with Crippen LogP contribution in [0.3, 0.4) is 0 Å². The van der Waals surface area contributed by atoms with Gasteiger partial charge in [-0.1, -0.05) is 244 Å². The first-order valence-electron chi connectivity index (χ1n) is 28.6. The molecule has 0 spiro atoms. The van der Waals surface area contributed by atoms with Crippen LogP contribution in [0.2, 0.25) is 0 Å². The molecule has 0 aliphatic heterocycles. The highest BCUT2D eigenvalue weighted by Gasteiger charge is 2.20. The van der Waals surface area contributed by atoms with E-state index in [9.17, 15) is 19.8 Å². The van der Waals surface area contributed by atoms with E-state index in [4.69, 9.17) is 4.74 Å². The number of esters is 1. The molecule has 0 aromatic rings. The van der Waals surface area contributed by atoms with Crippen molar-refractivity contribution in [2.75, 3.05) is 13.2 Å². The number of allylic oxidation sites excluding steroid dienone is 4. The minimum Gasteiger partial charge on any atom is -0.466 e. The van der Waals surface area contributed by atoms with Crippen LogP contribution in [0.25, 0.3) is 0 Å². The maximum atomic E-state index is 12.5. The van der Waals surface area contributed by atoms with Gasteiger partial charge in [-0.25, -0.2) is 0 Å². The van der Waals surface area contributed by atoms with Gasteiger partial charge in [-0.3, -0.25) is 9.59 Å². The fourth-order valence-electron chi connectivity index (χ4n) is 8.81. The van der Waals surface area contributed by atoms with Crippen LogP contribution in [0.5, 0.6) is 0 Å². The Labute approximate surface area is 399 Å². The highest BCUT2D eigenvalue weighted by Crippen LogP contribution is 2.17. The number of aliphatic hydroxyl groups is 2. The van der Waals surface area contributed by atoms with Crippen LogP contribution in [-0.4, -0.2) is 47.4 Å². The summed E-state index contributed by atoms with van der Waals surface area (Å²) in [7, 11) is 0. The largest absolute Gasteiger partial charge is 0.466 e. The Kier molecular flexibility index (Phi) is 52.6. The highest BCUT2D eigenvalue weighted by molar-refractivity contribution is 5.76. The molecule has 6 heteroatoms. The van der Waals surface area contributed by atoms with Gasteiger partial charge in [0.2, 0.25) is 5.91 Å². The van der Waals surface area contributed by atoms with Crippen LogP contribution in [-0.2, 0) is 14.3 Å². The maximum Gasteiger partial charge on any atom is 0.305 e. The molecule has 0 rings (SSSR count). The van der Waals surface area contributed by atoms with Gasteiger partial charge in [0.25, 0.3) is 0 Å². The lowest BCUT2D eigenvalue weighted by molar-refractivity contribution is -0.143. The summed E-state index contributed by atoms with van der Waals surface area (Å²) in [5.74, 6) is -0.0764. The first-order valence-corrected chi connectivity index (χ1v) is 28.6. The van der Waals surface area contributed by atoms with E-state index in [-0.39, 0.29) is 18.5 Å². The van der Waals surface area contributed by atoms with Crippen LogP contribution in [0.1, 0.15) is 309 Å².